The summed E-state index contributed by atoms with van der Waals surface area (Å²) >= 11 is 0. The quantitative estimate of drug-likeness (QED) is 0.384. The summed E-state index contributed by atoms with van der Waals surface area (Å²) < 4.78 is 0. The lowest BCUT2D eigenvalue weighted by Gasteiger charge is -2.15. The molecule has 5 heteroatoms. The molecule has 0 saturated carbocycles. The Balaban J connectivity index is 2.90. The average molecular weight is 211 g/mol. The van der Waals surface area contributed by atoms with Gasteiger partial charge in [-0.25, -0.2) is 0 Å². The van der Waals surface area contributed by atoms with Crippen molar-refractivity contribution in [3.05, 3.63) is 29.8 Å². The topological polar surface area (TPSA) is 104 Å². The number of nitrogen functional groups attached to an aromatic ring is 1. The molecular formula is C10H13NO4. The van der Waals surface area contributed by atoms with E-state index in [0.717, 1.165) is 0 Å². The fourth-order valence-electron chi connectivity index (χ4n) is 1.16. The van der Waals surface area contributed by atoms with E-state index in [4.69, 9.17) is 15.9 Å². The Morgan fingerprint density at radius 3 is 2.47 bits per heavy atom. The van der Waals surface area contributed by atoms with E-state index < -0.39 is 24.6 Å². The van der Waals surface area contributed by atoms with Gasteiger partial charge in [-0.1, -0.05) is 12.1 Å². The minimum absolute atomic E-state index is 0.137. The predicted molar refractivity (Wildman–Crippen MR) is 54.3 cm³/mol. The molecule has 2 unspecified atom stereocenters. The van der Waals surface area contributed by atoms with Crippen molar-refractivity contribution in [1.82, 2.24) is 0 Å². The highest BCUT2D eigenvalue weighted by molar-refractivity contribution is 6.03. The van der Waals surface area contributed by atoms with Gasteiger partial charge in [0.25, 0.3) is 0 Å². The molecule has 5 N–H and O–H groups in total. The second-order valence-electron chi connectivity index (χ2n) is 3.15. The normalized spacial score (nSPS) is 14.6. The third kappa shape index (κ3) is 2.53. The van der Waals surface area contributed by atoms with E-state index in [9.17, 15) is 9.90 Å². The summed E-state index contributed by atoms with van der Waals surface area (Å²) in [4.78, 5) is 11.6. The summed E-state index contributed by atoms with van der Waals surface area (Å²) in [6.45, 7) is -0.681. The molecule has 0 aromatic heterocycles. The van der Waals surface area contributed by atoms with Gasteiger partial charge >= 0.3 is 0 Å². The number of ketones is 1. The van der Waals surface area contributed by atoms with Crippen LogP contribution in [-0.4, -0.2) is 39.9 Å². The number of carbonyl (C=O) groups is 1. The highest BCUT2D eigenvalue weighted by Crippen LogP contribution is 2.14. The zero-order valence-corrected chi connectivity index (χ0v) is 8.00. The largest absolute Gasteiger partial charge is 0.398 e. The lowest BCUT2D eigenvalue weighted by Crippen LogP contribution is -2.36. The Labute approximate surface area is 86.8 Å². The molecule has 82 valence electrons. The summed E-state index contributed by atoms with van der Waals surface area (Å²) in [6.07, 6.45) is -3.14. The molecule has 0 fully saturated rings. The van der Waals surface area contributed by atoms with E-state index in [1.54, 1.807) is 12.1 Å². The van der Waals surface area contributed by atoms with E-state index in [0.29, 0.717) is 0 Å². The van der Waals surface area contributed by atoms with Gasteiger partial charge in [-0.05, 0) is 12.1 Å². The van der Waals surface area contributed by atoms with Crippen LogP contribution in [0.25, 0.3) is 0 Å². The van der Waals surface area contributed by atoms with Gasteiger partial charge in [-0.3, -0.25) is 4.79 Å². The molecule has 1 rings (SSSR count). The molecule has 1 aromatic rings. The van der Waals surface area contributed by atoms with Gasteiger partial charge in [-0.15, -0.1) is 0 Å². The molecule has 0 amide bonds. The van der Waals surface area contributed by atoms with Crippen LogP contribution in [0.1, 0.15) is 10.4 Å². The Morgan fingerprint density at radius 1 is 1.33 bits per heavy atom. The monoisotopic (exact) mass is 211 g/mol. The molecular weight excluding hydrogens is 198 g/mol. The van der Waals surface area contributed by atoms with Crippen LogP contribution in [0.15, 0.2) is 24.3 Å². The number of benzene rings is 1. The summed E-state index contributed by atoms with van der Waals surface area (Å²) in [5.41, 5.74) is 5.89. The molecule has 0 aliphatic heterocycles. The van der Waals surface area contributed by atoms with Crippen molar-refractivity contribution in [2.24, 2.45) is 0 Å². The molecule has 0 radical (unpaired) electrons. The first-order valence-electron chi connectivity index (χ1n) is 4.43. The van der Waals surface area contributed by atoms with Crippen molar-refractivity contribution < 1.29 is 20.1 Å². The molecule has 2 atom stereocenters. The highest BCUT2D eigenvalue weighted by atomic mass is 16.4. The van der Waals surface area contributed by atoms with Crippen LogP contribution in [0.3, 0.4) is 0 Å². The van der Waals surface area contributed by atoms with Crippen LogP contribution >= 0.6 is 0 Å². The van der Waals surface area contributed by atoms with Crippen LogP contribution in [-0.2, 0) is 0 Å². The van der Waals surface area contributed by atoms with Crippen molar-refractivity contribution in [2.45, 2.75) is 12.2 Å². The van der Waals surface area contributed by atoms with Crippen LogP contribution in [0, 0.1) is 0 Å². The van der Waals surface area contributed by atoms with E-state index in [1.165, 1.54) is 12.1 Å². The maximum Gasteiger partial charge on any atom is 0.196 e. The fraction of sp³-hybridized carbons (Fsp3) is 0.300. The molecule has 0 aliphatic rings. The van der Waals surface area contributed by atoms with Crippen LogP contribution in [0.5, 0.6) is 0 Å². The SMILES string of the molecule is Nc1ccccc1C(=O)C(O)C(O)CO. The lowest BCUT2D eigenvalue weighted by atomic mass is 10.0. The average Bonchev–Trinajstić information content (AvgIpc) is 2.26. The molecule has 1 aromatic carbocycles. The minimum Gasteiger partial charge on any atom is -0.398 e. The van der Waals surface area contributed by atoms with Gasteiger partial charge in [-0.2, -0.15) is 0 Å². The first kappa shape index (κ1) is 11.6. The zero-order chi connectivity index (χ0) is 11.4. The van der Waals surface area contributed by atoms with E-state index in [1.807, 2.05) is 0 Å². The number of hydrogen-bond donors (Lipinski definition) is 4. The number of para-hydroxylation sites is 1. The maximum atomic E-state index is 11.6. The van der Waals surface area contributed by atoms with Gasteiger partial charge in [0.1, 0.15) is 12.2 Å². The van der Waals surface area contributed by atoms with Crippen molar-refractivity contribution in [1.29, 1.82) is 0 Å². The summed E-state index contributed by atoms with van der Waals surface area (Å²) in [7, 11) is 0. The number of Topliss-reactive ketones (excluding diaryl/α,β-unsaturated/α-hetero) is 1. The second-order valence-corrected chi connectivity index (χ2v) is 3.15. The molecule has 5 nitrogen and oxygen atoms in total. The van der Waals surface area contributed by atoms with Crippen molar-refractivity contribution >= 4 is 11.5 Å². The number of hydrogen-bond acceptors (Lipinski definition) is 5. The molecule has 0 spiro atoms. The van der Waals surface area contributed by atoms with Gasteiger partial charge in [0.15, 0.2) is 5.78 Å². The summed E-state index contributed by atoms with van der Waals surface area (Å²) in [5.74, 6) is -0.699. The third-order valence-corrected chi connectivity index (χ3v) is 2.05. The molecule has 15 heavy (non-hydrogen) atoms. The fourth-order valence-corrected chi connectivity index (χ4v) is 1.16. The summed E-state index contributed by atoms with van der Waals surface area (Å²) in [5, 5.41) is 27.0. The minimum atomic E-state index is -1.65. The van der Waals surface area contributed by atoms with Gasteiger partial charge < -0.3 is 21.1 Å². The second kappa shape index (κ2) is 4.88. The van der Waals surface area contributed by atoms with Crippen molar-refractivity contribution in [3.8, 4) is 0 Å². The first-order chi connectivity index (χ1) is 7.07. The Kier molecular flexibility index (Phi) is 3.79. The Hall–Kier alpha value is -1.43. The van der Waals surface area contributed by atoms with Crippen LogP contribution in [0.4, 0.5) is 5.69 Å². The molecule has 0 heterocycles. The van der Waals surface area contributed by atoms with Crippen molar-refractivity contribution in [3.63, 3.8) is 0 Å². The number of carbonyl (C=O) groups excluding carboxylic acids is 1. The van der Waals surface area contributed by atoms with Gasteiger partial charge in [0.2, 0.25) is 0 Å². The van der Waals surface area contributed by atoms with Gasteiger partial charge in [0.05, 0.1) is 6.61 Å². The smallest absolute Gasteiger partial charge is 0.196 e. The Morgan fingerprint density at radius 2 is 1.93 bits per heavy atom. The molecule has 0 bridgehead atoms. The van der Waals surface area contributed by atoms with Crippen molar-refractivity contribution in [2.75, 3.05) is 12.3 Å². The van der Waals surface area contributed by atoms with Crippen LogP contribution in [0.2, 0.25) is 0 Å². The van der Waals surface area contributed by atoms with E-state index in [2.05, 4.69) is 0 Å². The molecule has 0 saturated heterocycles. The van der Waals surface area contributed by atoms with E-state index in [-0.39, 0.29) is 11.3 Å². The number of aliphatic hydroxyl groups is 3. The Bertz CT molecular complexity index is 353. The molecule has 0 aliphatic carbocycles. The van der Waals surface area contributed by atoms with Gasteiger partial charge in [0, 0.05) is 11.3 Å². The predicted octanol–water partition coefficient (Wildman–Crippen LogP) is -0.834. The number of rotatable bonds is 4. The number of nitrogens with two attached hydrogens (primary N) is 1. The summed E-state index contributed by atoms with van der Waals surface area (Å²) in [6, 6.07) is 6.22. The first-order valence-corrected chi connectivity index (χ1v) is 4.43. The standard InChI is InChI=1S/C10H13NO4/c11-7-4-2-1-3-6(7)9(14)10(15)8(13)5-12/h1-4,8,10,12-13,15H,5,11H2. The van der Waals surface area contributed by atoms with Crippen LogP contribution < -0.4 is 5.73 Å². The zero-order valence-electron chi connectivity index (χ0n) is 8.00. The van der Waals surface area contributed by atoms with E-state index >= 15 is 0 Å². The highest BCUT2D eigenvalue weighted by Gasteiger charge is 2.25. The lowest BCUT2D eigenvalue weighted by molar-refractivity contribution is -0.00486. The number of anilines is 1. The number of aliphatic hydroxyl groups excluding tert-OH is 3. The third-order valence-electron chi connectivity index (χ3n) is 2.05. The maximum absolute atomic E-state index is 11.6.